The fourth-order valence-electron chi connectivity index (χ4n) is 1.77. The highest BCUT2D eigenvalue weighted by Crippen LogP contribution is 2.26. The largest absolute Gasteiger partial charge is 0.457 e. The minimum absolute atomic E-state index is 0.0279. The van der Waals surface area contributed by atoms with Crippen molar-refractivity contribution in [2.45, 2.75) is 26.4 Å². The summed E-state index contributed by atoms with van der Waals surface area (Å²) >= 11 is 0. The number of amides is 1. The van der Waals surface area contributed by atoms with Gasteiger partial charge in [-0.15, -0.1) is 0 Å². The van der Waals surface area contributed by atoms with Crippen LogP contribution in [0.4, 0.5) is 14.9 Å². The first-order valence-corrected chi connectivity index (χ1v) is 7.60. The second-order valence-electron chi connectivity index (χ2n) is 5.90. The standard InChI is InChI=1S/C17H17FN2O4.CH4O/c1-17(2,3)24-16(22)20-15-5-4-12(9-14(15)18)23-13-6-7-19-11(8-13)10-21;1-2/h4-10H,1-3H3,(H,20,22);2H,1H3. The van der Waals surface area contributed by atoms with Crippen molar-refractivity contribution in [2.75, 3.05) is 12.4 Å². The number of hydrogen-bond donors (Lipinski definition) is 2. The minimum Gasteiger partial charge on any atom is -0.457 e. The molecule has 1 amide bonds. The molecule has 1 aromatic heterocycles. The second kappa shape index (κ2) is 9.47. The summed E-state index contributed by atoms with van der Waals surface area (Å²) in [5, 5.41) is 9.33. The number of nitrogens with zero attached hydrogens (tertiary/aromatic N) is 1. The molecule has 0 aliphatic heterocycles. The smallest absolute Gasteiger partial charge is 0.412 e. The molecule has 8 heteroatoms. The molecule has 0 bridgehead atoms. The Labute approximate surface area is 150 Å². The van der Waals surface area contributed by atoms with Gasteiger partial charge in [0.15, 0.2) is 12.1 Å². The van der Waals surface area contributed by atoms with Gasteiger partial charge in [-0.1, -0.05) is 0 Å². The molecule has 26 heavy (non-hydrogen) atoms. The Hall–Kier alpha value is -3.00. The van der Waals surface area contributed by atoms with Gasteiger partial charge in [-0.3, -0.25) is 15.1 Å². The number of aliphatic hydroxyl groups is 1. The third-order valence-corrected chi connectivity index (χ3v) is 2.69. The minimum atomic E-state index is -0.750. The molecule has 0 aliphatic carbocycles. The van der Waals surface area contributed by atoms with Gasteiger partial charge in [0.05, 0.1) is 5.69 Å². The zero-order chi connectivity index (χ0) is 19.7. The van der Waals surface area contributed by atoms with Crippen LogP contribution in [0.2, 0.25) is 0 Å². The normalized spacial score (nSPS) is 10.2. The topological polar surface area (TPSA) is 97.8 Å². The lowest BCUT2D eigenvalue weighted by molar-refractivity contribution is 0.0635. The molecule has 0 radical (unpaired) electrons. The van der Waals surface area contributed by atoms with E-state index in [1.165, 1.54) is 30.5 Å². The predicted molar refractivity (Wildman–Crippen MR) is 94.1 cm³/mol. The second-order valence-corrected chi connectivity index (χ2v) is 5.90. The van der Waals surface area contributed by atoms with E-state index < -0.39 is 17.5 Å². The van der Waals surface area contributed by atoms with E-state index in [0.29, 0.717) is 12.0 Å². The molecule has 0 saturated heterocycles. The molecule has 1 aromatic carbocycles. The van der Waals surface area contributed by atoms with Crippen LogP contribution in [0.25, 0.3) is 0 Å². The van der Waals surface area contributed by atoms with E-state index in [0.717, 1.165) is 13.2 Å². The fourth-order valence-corrected chi connectivity index (χ4v) is 1.77. The molecule has 2 aromatic rings. The monoisotopic (exact) mass is 364 g/mol. The number of halogens is 1. The molecule has 0 unspecified atom stereocenters. The van der Waals surface area contributed by atoms with E-state index >= 15 is 0 Å². The lowest BCUT2D eigenvalue weighted by Crippen LogP contribution is -2.27. The van der Waals surface area contributed by atoms with Gasteiger partial charge in [0.25, 0.3) is 0 Å². The molecule has 0 aliphatic rings. The quantitative estimate of drug-likeness (QED) is 0.801. The number of carbonyl (C=O) groups is 2. The molecule has 2 rings (SSSR count). The summed E-state index contributed by atoms with van der Waals surface area (Å²) < 4.78 is 24.6. The van der Waals surface area contributed by atoms with Crippen molar-refractivity contribution in [2.24, 2.45) is 0 Å². The third kappa shape index (κ3) is 6.86. The van der Waals surface area contributed by atoms with Gasteiger partial charge in [0.1, 0.15) is 22.8 Å². The first-order chi connectivity index (χ1) is 12.3. The number of rotatable bonds is 4. The molecule has 2 N–H and O–H groups in total. The fraction of sp³-hybridized carbons (Fsp3) is 0.278. The highest BCUT2D eigenvalue weighted by molar-refractivity contribution is 5.85. The van der Waals surface area contributed by atoms with E-state index in [1.807, 2.05) is 0 Å². The Bertz CT molecular complexity index is 759. The van der Waals surface area contributed by atoms with E-state index in [1.54, 1.807) is 20.8 Å². The number of aromatic nitrogens is 1. The lowest BCUT2D eigenvalue weighted by Gasteiger charge is -2.19. The van der Waals surface area contributed by atoms with Gasteiger partial charge >= 0.3 is 6.09 Å². The van der Waals surface area contributed by atoms with Gasteiger partial charge in [-0.05, 0) is 39.0 Å². The van der Waals surface area contributed by atoms with Gasteiger partial charge < -0.3 is 14.6 Å². The SMILES string of the molecule is CC(C)(C)OC(=O)Nc1ccc(Oc2ccnc(C=O)c2)cc1F.CO. The highest BCUT2D eigenvalue weighted by Gasteiger charge is 2.17. The summed E-state index contributed by atoms with van der Waals surface area (Å²) in [4.78, 5) is 26.1. The van der Waals surface area contributed by atoms with Crippen molar-refractivity contribution in [1.82, 2.24) is 4.98 Å². The first-order valence-electron chi connectivity index (χ1n) is 7.60. The summed E-state index contributed by atoms with van der Waals surface area (Å²) in [6, 6.07) is 6.93. The highest BCUT2D eigenvalue weighted by atomic mass is 19.1. The summed E-state index contributed by atoms with van der Waals surface area (Å²) in [6.45, 7) is 5.13. The molecule has 0 saturated carbocycles. The van der Waals surface area contributed by atoms with Crippen LogP contribution in [0, 0.1) is 5.82 Å². The summed E-state index contributed by atoms with van der Waals surface area (Å²) in [7, 11) is 1.00. The maximum Gasteiger partial charge on any atom is 0.412 e. The Kier molecular flexibility index (Phi) is 7.67. The number of carbonyl (C=O) groups excluding carboxylic acids is 2. The average molecular weight is 364 g/mol. The number of anilines is 1. The van der Waals surface area contributed by atoms with E-state index in [-0.39, 0.29) is 17.1 Å². The summed E-state index contributed by atoms with van der Waals surface area (Å²) in [5.74, 6) is -0.118. The predicted octanol–water partition coefficient (Wildman–Crippen LogP) is 3.78. The van der Waals surface area contributed by atoms with Gasteiger partial charge in [-0.25, -0.2) is 9.18 Å². The molecule has 140 valence electrons. The molecule has 0 spiro atoms. The number of aldehydes is 1. The van der Waals surface area contributed by atoms with Crippen LogP contribution in [-0.2, 0) is 4.74 Å². The van der Waals surface area contributed by atoms with Crippen molar-refractivity contribution in [3.8, 4) is 11.5 Å². The number of hydrogen-bond acceptors (Lipinski definition) is 6. The lowest BCUT2D eigenvalue weighted by atomic mass is 10.2. The van der Waals surface area contributed by atoms with Crippen LogP contribution in [0.3, 0.4) is 0 Å². The Morgan fingerprint density at radius 1 is 1.19 bits per heavy atom. The summed E-state index contributed by atoms with van der Waals surface area (Å²) in [6.07, 6.45) is 1.25. The average Bonchev–Trinajstić information content (AvgIpc) is 2.58. The zero-order valence-electron chi connectivity index (χ0n) is 14.9. The molecule has 7 nitrogen and oxygen atoms in total. The number of nitrogens with one attached hydrogen (secondary N) is 1. The van der Waals surface area contributed by atoms with Gasteiger partial charge in [0, 0.05) is 25.4 Å². The Balaban J connectivity index is 0.00000163. The molecule has 0 atom stereocenters. The van der Waals surface area contributed by atoms with Crippen LogP contribution in [-0.4, -0.2) is 35.2 Å². The Morgan fingerprint density at radius 2 is 1.85 bits per heavy atom. The van der Waals surface area contributed by atoms with Crippen molar-refractivity contribution in [3.63, 3.8) is 0 Å². The van der Waals surface area contributed by atoms with Crippen LogP contribution in [0.1, 0.15) is 31.3 Å². The number of ether oxygens (including phenoxy) is 2. The molecule has 0 fully saturated rings. The van der Waals surface area contributed by atoms with E-state index in [2.05, 4.69) is 10.3 Å². The van der Waals surface area contributed by atoms with Crippen LogP contribution in [0.5, 0.6) is 11.5 Å². The molecular formula is C18H21FN2O5. The van der Waals surface area contributed by atoms with Crippen molar-refractivity contribution < 1.29 is 28.6 Å². The number of aliphatic hydroxyl groups excluding tert-OH is 1. The third-order valence-electron chi connectivity index (χ3n) is 2.69. The zero-order valence-corrected chi connectivity index (χ0v) is 14.9. The summed E-state index contributed by atoms with van der Waals surface area (Å²) in [5.41, 5.74) is -0.502. The number of pyridine rings is 1. The maximum atomic E-state index is 14.1. The van der Waals surface area contributed by atoms with Gasteiger partial charge in [-0.2, -0.15) is 0 Å². The maximum absolute atomic E-state index is 14.1. The van der Waals surface area contributed by atoms with Crippen molar-refractivity contribution in [3.05, 3.63) is 48.0 Å². The molecule has 1 heterocycles. The van der Waals surface area contributed by atoms with E-state index in [9.17, 15) is 14.0 Å². The molecular weight excluding hydrogens is 343 g/mol. The van der Waals surface area contributed by atoms with E-state index in [4.69, 9.17) is 14.6 Å². The number of benzene rings is 1. The van der Waals surface area contributed by atoms with Crippen LogP contribution < -0.4 is 10.1 Å². The van der Waals surface area contributed by atoms with Crippen LogP contribution in [0.15, 0.2) is 36.5 Å². The van der Waals surface area contributed by atoms with Crippen molar-refractivity contribution in [1.29, 1.82) is 0 Å². The van der Waals surface area contributed by atoms with Gasteiger partial charge in [0.2, 0.25) is 0 Å². The van der Waals surface area contributed by atoms with Crippen LogP contribution >= 0.6 is 0 Å². The Morgan fingerprint density at radius 3 is 2.42 bits per heavy atom. The first kappa shape index (κ1) is 21.0. The van der Waals surface area contributed by atoms with Crippen molar-refractivity contribution >= 4 is 18.1 Å².